The van der Waals surface area contributed by atoms with Crippen LogP contribution in [0.25, 0.3) is 0 Å². The van der Waals surface area contributed by atoms with Crippen LogP contribution in [0.15, 0.2) is 28.8 Å². The van der Waals surface area contributed by atoms with Gasteiger partial charge in [0.1, 0.15) is 0 Å². The van der Waals surface area contributed by atoms with Crippen LogP contribution in [0.1, 0.15) is 27.6 Å². The van der Waals surface area contributed by atoms with E-state index in [-0.39, 0.29) is 11.7 Å². The van der Waals surface area contributed by atoms with Crippen LogP contribution in [0.3, 0.4) is 0 Å². The lowest BCUT2D eigenvalue weighted by Crippen LogP contribution is -2.13. The van der Waals surface area contributed by atoms with Gasteiger partial charge in [0.25, 0.3) is 5.91 Å². The summed E-state index contributed by atoms with van der Waals surface area (Å²) >= 11 is 0. The molecule has 1 amide bonds. The number of anilines is 1. The molecule has 1 aromatic carbocycles. The molecule has 1 heterocycles. The van der Waals surface area contributed by atoms with Crippen LogP contribution in [0.2, 0.25) is 0 Å². The molecule has 0 aliphatic rings. The highest BCUT2D eigenvalue weighted by molar-refractivity contribution is 6.02. The lowest BCUT2D eigenvalue weighted by Gasteiger charge is -2.09. The predicted molar refractivity (Wildman–Crippen MR) is 73.1 cm³/mol. The summed E-state index contributed by atoms with van der Waals surface area (Å²) in [4.78, 5) is 16.1. The van der Waals surface area contributed by atoms with Crippen molar-refractivity contribution in [2.24, 2.45) is 0 Å². The molecule has 1 aromatic heterocycles. The van der Waals surface area contributed by atoms with Crippen molar-refractivity contribution in [1.29, 1.82) is 0 Å². The largest absolute Gasteiger partial charge is 0.434 e. The number of nitrogens with one attached hydrogen (secondary N) is 2. The second kappa shape index (κ2) is 5.67. The van der Waals surface area contributed by atoms with Gasteiger partial charge in [-0.05, 0) is 32.0 Å². The summed E-state index contributed by atoms with van der Waals surface area (Å²) in [6, 6.07) is 5.87. The molecular formula is C14H17N3O2. The molecule has 2 rings (SSSR count). The van der Waals surface area contributed by atoms with Crippen molar-refractivity contribution in [2.75, 3.05) is 12.4 Å². The van der Waals surface area contributed by atoms with Gasteiger partial charge in [0.05, 0.1) is 12.7 Å². The van der Waals surface area contributed by atoms with Crippen LogP contribution in [0.5, 0.6) is 0 Å². The molecule has 19 heavy (non-hydrogen) atoms. The topological polar surface area (TPSA) is 67.2 Å². The number of nitrogens with zero attached hydrogens (tertiary/aromatic N) is 1. The molecule has 0 fully saturated rings. The Hall–Kier alpha value is -2.14. The molecular weight excluding hydrogens is 242 g/mol. The van der Waals surface area contributed by atoms with Crippen molar-refractivity contribution >= 4 is 11.6 Å². The zero-order valence-corrected chi connectivity index (χ0v) is 11.3. The number of aromatic nitrogens is 1. The minimum atomic E-state index is -0.285. The molecule has 0 radical (unpaired) electrons. The molecule has 100 valence electrons. The minimum absolute atomic E-state index is 0.216. The molecule has 0 unspecified atom stereocenters. The SMILES string of the molecule is CNCc1ncc(C(=O)Nc2c(C)cccc2C)o1. The summed E-state index contributed by atoms with van der Waals surface area (Å²) in [5.74, 6) is 0.425. The second-order valence-electron chi connectivity index (χ2n) is 4.37. The molecule has 0 atom stereocenters. The summed E-state index contributed by atoms with van der Waals surface area (Å²) in [6.07, 6.45) is 1.44. The molecule has 0 aliphatic carbocycles. The van der Waals surface area contributed by atoms with Crippen LogP contribution in [-0.4, -0.2) is 17.9 Å². The summed E-state index contributed by atoms with van der Waals surface area (Å²) in [5, 5.41) is 5.77. The van der Waals surface area contributed by atoms with Gasteiger partial charge in [0, 0.05) is 5.69 Å². The number of aryl methyl sites for hydroxylation is 2. The quantitative estimate of drug-likeness (QED) is 0.883. The van der Waals surface area contributed by atoms with Crippen molar-refractivity contribution in [3.05, 3.63) is 47.2 Å². The third-order valence-corrected chi connectivity index (χ3v) is 2.83. The van der Waals surface area contributed by atoms with Crippen LogP contribution in [0, 0.1) is 13.8 Å². The summed E-state index contributed by atoms with van der Waals surface area (Å²) < 4.78 is 5.35. The van der Waals surface area contributed by atoms with E-state index >= 15 is 0 Å². The van der Waals surface area contributed by atoms with E-state index in [9.17, 15) is 4.79 Å². The molecule has 5 heteroatoms. The molecule has 0 saturated carbocycles. The Morgan fingerprint density at radius 1 is 1.32 bits per heavy atom. The number of oxazole rings is 1. The van der Waals surface area contributed by atoms with E-state index in [0.29, 0.717) is 12.4 Å². The smallest absolute Gasteiger partial charge is 0.293 e. The van der Waals surface area contributed by atoms with E-state index in [0.717, 1.165) is 16.8 Å². The highest BCUT2D eigenvalue weighted by atomic mass is 16.4. The van der Waals surface area contributed by atoms with Gasteiger partial charge in [0.2, 0.25) is 11.7 Å². The first-order chi connectivity index (χ1) is 9.11. The first-order valence-corrected chi connectivity index (χ1v) is 6.08. The Bertz CT molecular complexity index is 570. The lowest BCUT2D eigenvalue weighted by atomic mass is 10.1. The summed E-state index contributed by atoms with van der Waals surface area (Å²) in [7, 11) is 1.79. The van der Waals surface area contributed by atoms with Crippen LogP contribution >= 0.6 is 0 Å². The number of amides is 1. The number of carbonyl (C=O) groups excluding carboxylic acids is 1. The fourth-order valence-electron chi connectivity index (χ4n) is 1.83. The van der Waals surface area contributed by atoms with Gasteiger partial charge in [-0.15, -0.1) is 0 Å². The fraction of sp³-hybridized carbons (Fsp3) is 0.286. The van der Waals surface area contributed by atoms with Crippen LogP contribution in [0.4, 0.5) is 5.69 Å². The molecule has 5 nitrogen and oxygen atoms in total. The van der Waals surface area contributed by atoms with E-state index in [1.807, 2.05) is 32.0 Å². The Morgan fingerprint density at radius 3 is 2.63 bits per heavy atom. The molecule has 0 spiro atoms. The van der Waals surface area contributed by atoms with Gasteiger partial charge in [-0.1, -0.05) is 18.2 Å². The van der Waals surface area contributed by atoms with Crippen molar-refractivity contribution < 1.29 is 9.21 Å². The van der Waals surface area contributed by atoms with Crippen LogP contribution < -0.4 is 10.6 Å². The molecule has 0 aliphatic heterocycles. The van der Waals surface area contributed by atoms with E-state index in [1.54, 1.807) is 7.05 Å². The monoisotopic (exact) mass is 259 g/mol. The summed E-state index contributed by atoms with van der Waals surface area (Å²) in [6.45, 7) is 4.40. The second-order valence-corrected chi connectivity index (χ2v) is 4.37. The van der Waals surface area contributed by atoms with Gasteiger partial charge in [-0.2, -0.15) is 0 Å². The van der Waals surface area contributed by atoms with Crippen molar-refractivity contribution in [2.45, 2.75) is 20.4 Å². The van der Waals surface area contributed by atoms with Gasteiger partial charge >= 0.3 is 0 Å². The zero-order valence-electron chi connectivity index (χ0n) is 11.3. The lowest BCUT2D eigenvalue weighted by molar-refractivity contribution is 0.0994. The number of carbonyl (C=O) groups is 1. The fourth-order valence-corrected chi connectivity index (χ4v) is 1.83. The van der Waals surface area contributed by atoms with Gasteiger partial charge < -0.3 is 15.1 Å². The van der Waals surface area contributed by atoms with E-state index in [1.165, 1.54) is 6.20 Å². The standard InChI is InChI=1S/C14H17N3O2/c1-9-5-4-6-10(2)13(9)17-14(18)11-7-16-12(19-11)8-15-3/h4-7,15H,8H2,1-3H3,(H,17,18). The first kappa shape index (κ1) is 13.3. The minimum Gasteiger partial charge on any atom is -0.434 e. The maximum Gasteiger partial charge on any atom is 0.293 e. The maximum atomic E-state index is 12.1. The first-order valence-electron chi connectivity index (χ1n) is 6.08. The van der Waals surface area contributed by atoms with E-state index < -0.39 is 0 Å². The molecule has 2 aromatic rings. The molecule has 0 saturated heterocycles. The summed E-state index contributed by atoms with van der Waals surface area (Å²) in [5.41, 5.74) is 2.85. The average Bonchev–Trinajstić information content (AvgIpc) is 2.83. The number of rotatable bonds is 4. The van der Waals surface area contributed by atoms with Crippen molar-refractivity contribution in [3.8, 4) is 0 Å². The van der Waals surface area contributed by atoms with Crippen molar-refractivity contribution in [1.82, 2.24) is 10.3 Å². The number of hydrogen-bond acceptors (Lipinski definition) is 4. The van der Waals surface area contributed by atoms with E-state index in [4.69, 9.17) is 4.42 Å². The average molecular weight is 259 g/mol. The number of benzene rings is 1. The third kappa shape index (κ3) is 3.00. The van der Waals surface area contributed by atoms with E-state index in [2.05, 4.69) is 15.6 Å². The molecule has 2 N–H and O–H groups in total. The Morgan fingerprint density at radius 2 is 2.00 bits per heavy atom. The Kier molecular flexibility index (Phi) is 3.97. The number of hydrogen-bond donors (Lipinski definition) is 2. The zero-order chi connectivity index (χ0) is 13.8. The van der Waals surface area contributed by atoms with Crippen LogP contribution in [-0.2, 0) is 6.54 Å². The predicted octanol–water partition coefficient (Wildman–Crippen LogP) is 2.26. The third-order valence-electron chi connectivity index (χ3n) is 2.83. The Balaban J connectivity index is 2.16. The molecule has 0 bridgehead atoms. The highest BCUT2D eigenvalue weighted by Crippen LogP contribution is 2.20. The van der Waals surface area contributed by atoms with Gasteiger partial charge in [-0.25, -0.2) is 4.98 Å². The van der Waals surface area contributed by atoms with Gasteiger partial charge in [-0.3, -0.25) is 4.79 Å². The number of para-hydroxylation sites is 1. The normalized spacial score (nSPS) is 10.5. The highest BCUT2D eigenvalue weighted by Gasteiger charge is 2.14. The van der Waals surface area contributed by atoms with Crippen molar-refractivity contribution in [3.63, 3.8) is 0 Å². The van der Waals surface area contributed by atoms with Gasteiger partial charge in [0.15, 0.2) is 0 Å². The maximum absolute atomic E-state index is 12.1. The Labute approximate surface area is 112 Å².